The maximum Gasteiger partial charge on any atom is 0.262 e. The topological polar surface area (TPSA) is 77.2 Å². The van der Waals surface area contributed by atoms with Gasteiger partial charge in [-0.15, -0.1) is 10.2 Å². The number of hydrogen-bond acceptors (Lipinski definition) is 5. The van der Waals surface area contributed by atoms with E-state index >= 15 is 0 Å². The molecular formula is C20H21N3O3. The second kappa shape index (κ2) is 7.82. The van der Waals surface area contributed by atoms with Gasteiger partial charge in [0.15, 0.2) is 6.61 Å². The lowest BCUT2D eigenvalue weighted by molar-refractivity contribution is -0.118. The highest BCUT2D eigenvalue weighted by Gasteiger charge is 2.08. The summed E-state index contributed by atoms with van der Waals surface area (Å²) in [5, 5.41) is 10.8. The first-order valence-corrected chi connectivity index (χ1v) is 8.47. The van der Waals surface area contributed by atoms with Crippen molar-refractivity contribution < 1.29 is 13.9 Å². The summed E-state index contributed by atoms with van der Waals surface area (Å²) in [6.07, 6.45) is 0.698. The predicted octanol–water partition coefficient (Wildman–Crippen LogP) is 3.93. The molecule has 0 aliphatic rings. The van der Waals surface area contributed by atoms with Gasteiger partial charge in [0.25, 0.3) is 5.91 Å². The minimum Gasteiger partial charge on any atom is -0.484 e. The first-order valence-electron chi connectivity index (χ1n) is 8.47. The number of hydrogen-bond donors (Lipinski definition) is 1. The Kier molecular flexibility index (Phi) is 5.31. The zero-order valence-electron chi connectivity index (χ0n) is 15.1. The second-order valence-electron chi connectivity index (χ2n) is 6.09. The van der Waals surface area contributed by atoms with E-state index in [-0.39, 0.29) is 12.5 Å². The number of aryl methyl sites for hydroxylation is 3. The van der Waals surface area contributed by atoms with Gasteiger partial charge in [-0.1, -0.05) is 13.0 Å². The summed E-state index contributed by atoms with van der Waals surface area (Å²) >= 11 is 0. The summed E-state index contributed by atoms with van der Waals surface area (Å²) in [7, 11) is 0. The molecule has 0 saturated heterocycles. The van der Waals surface area contributed by atoms with Crippen LogP contribution in [-0.4, -0.2) is 22.7 Å². The Morgan fingerprint density at radius 1 is 1.08 bits per heavy atom. The van der Waals surface area contributed by atoms with Crippen molar-refractivity contribution in [3.63, 3.8) is 0 Å². The molecule has 0 fully saturated rings. The van der Waals surface area contributed by atoms with Crippen LogP contribution in [0.15, 0.2) is 46.9 Å². The lowest BCUT2D eigenvalue weighted by Gasteiger charge is -2.09. The Bertz CT molecular complexity index is 881. The molecule has 1 amide bonds. The van der Waals surface area contributed by atoms with Crippen LogP contribution in [0.2, 0.25) is 0 Å². The Hall–Kier alpha value is -3.15. The van der Waals surface area contributed by atoms with Gasteiger partial charge in [0.2, 0.25) is 11.8 Å². The number of rotatable bonds is 6. The number of anilines is 1. The molecule has 1 N–H and O–H groups in total. The maximum absolute atomic E-state index is 12.1. The van der Waals surface area contributed by atoms with E-state index in [9.17, 15) is 4.79 Å². The van der Waals surface area contributed by atoms with Crippen LogP contribution < -0.4 is 10.1 Å². The van der Waals surface area contributed by atoms with Gasteiger partial charge in [-0.2, -0.15) is 0 Å². The fraction of sp³-hybridized carbons (Fsp3) is 0.250. The number of nitrogens with zero attached hydrogens (tertiary/aromatic N) is 2. The molecule has 0 radical (unpaired) electrons. The molecule has 3 rings (SSSR count). The first-order chi connectivity index (χ1) is 12.5. The largest absolute Gasteiger partial charge is 0.484 e. The van der Waals surface area contributed by atoms with Gasteiger partial charge in [-0.3, -0.25) is 4.79 Å². The highest BCUT2D eigenvalue weighted by Crippen LogP contribution is 2.21. The highest BCUT2D eigenvalue weighted by atomic mass is 16.5. The standard InChI is InChI=1S/C20H21N3O3/c1-4-19-22-23-20(26-19)15-5-7-17(8-6-15)25-12-18(24)21-16-10-13(2)9-14(3)11-16/h5-11H,4,12H2,1-3H3,(H,21,24). The van der Waals surface area contributed by atoms with Gasteiger partial charge in [-0.05, 0) is 61.4 Å². The van der Waals surface area contributed by atoms with Gasteiger partial charge in [0.05, 0.1) is 0 Å². The molecular weight excluding hydrogens is 330 g/mol. The van der Waals surface area contributed by atoms with Crippen LogP contribution >= 0.6 is 0 Å². The molecule has 0 aliphatic heterocycles. The minimum absolute atomic E-state index is 0.0626. The predicted molar refractivity (Wildman–Crippen MR) is 99.2 cm³/mol. The number of nitrogens with one attached hydrogen (secondary N) is 1. The van der Waals surface area contributed by atoms with E-state index in [2.05, 4.69) is 21.6 Å². The van der Waals surface area contributed by atoms with Crippen LogP contribution in [-0.2, 0) is 11.2 Å². The molecule has 134 valence electrons. The molecule has 1 aromatic heterocycles. The summed E-state index contributed by atoms with van der Waals surface area (Å²) in [4.78, 5) is 12.1. The number of benzene rings is 2. The molecule has 0 saturated carbocycles. The SMILES string of the molecule is CCc1nnc(-c2ccc(OCC(=O)Nc3cc(C)cc(C)c3)cc2)o1. The number of carbonyl (C=O) groups is 1. The van der Waals surface area contributed by atoms with Gasteiger partial charge in [-0.25, -0.2) is 0 Å². The Labute approximate surface area is 152 Å². The summed E-state index contributed by atoms with van der Waals surface area (Å²) < 4.78 is 11.1. The Morgan fingerprint density at radius 2 is 1.77 bits per heavy atom. The fourth-order valence-corrected chi connectivity index (χ4v) is 2.60. The van der Waals surface area contributed by atoms with Gasteiger partial charge < -0.3 is 14.5 Å². The van der Waals surface area contributed by atoms with Gasteiger partial charge in [0, 0.05) is 17.7 Å². The van der Waals surface area contributed by atoms with Crippen molar-refractivity contribution in [2.24, 2.45) is 0 Å². The zero-order valence-corrected chi connectivity index (χ0v) is 15.1. The van der Waals surface area contributed by atoms with E-state index < -0.39 is 0 Å². The van der Waals surface area contributed by atoms with Crippen molar-refractivity contribution in [3.8, 4) is 17.2 Å². The molecule has 0 aliphatic carbocycles. The van der Waals surface area contributed by atoms with Crippen molar-refractivity contribution in [1.82, 2.24) is 10.2 Å². The average molecular weight is 351 g/mol. The maximum atomic E-state index is 12.1. The third kappa shape index (κ3) is 4.47. The zero-order chi connectivity index (χ0) is 18.5. The molecule has 6 nitrogen and oxygen atoms in total. The quantitative estimate of drug-likeness (QED) is 0.728. The smallest absolute Gasteiger partial charge is 0.262 e. The first kappa shape index (κ1) is 17.7. The van der Waals surface area contributed by atoms with Crippen molar-refractivity contribution in [3.05, 3.63) is 59.5 Å². The monoisotopic (exact) mass is 351 g/mol. The number of ether oxygens (including phenoxy) is 1. The van der Waals surface area contributed by atoms with Crippen molar-refractivity contribution in [2.45, 2.75) is 27.2 Å². The van der Waals surface area contributed by atoms with Crippen molar-refractivity contribution >= 4 is 11.6 Å². The normalized spacial score (nSPS) is 10.6. The van der Waals surface area contributed by atoms with Crippen LogP contribution in [0.1, 0.15) is 23.9 Å². The van der Waals surface area contributed by atoms with Crippen LogP contribution in [0.5, 0.6) is 5.75 Å². The fourth-order valence-electron chi connectivity index (χ4n) is 2.60. The van der Waals surface area contributed by atoms with E-state index in [1.807, 2.05) is 45.0 Å². The molecule has 0 atom stereocenters. The lowest BCUT2D eigenvalue weighted by Crippen LogP contribution is -2.20. The summed E-state index contributed by atoms with van der Waals surface area (Å²) in [6, 6.07) is 13.1. The minimum atomic E-state index is -0.205. The molecule has 2 aromatic carbocycles. The Balaban J connectivity index is 1.56. The van der Waals surface area contributed by atoms with Crippen molar-refractivity contribution in [2.75, 3.05) is 11.9 Å². The number of amides is 1. The third-order valence-electron chi connectivity index (χ3n) is 3.75. The van der Waals surface area contributed by atoms with Crippen LogP contribution in [0, 0.1) is 13.8 Å². The molecule has 6 heteroatoms. The number of carbonyl (C=O) groups excluding carboxylic acids is 1. The molecule has 1 heterocycles. The third-order valence-corrected chi connectivity index (χ3v) is 3.75. The van der Waals surface area contributed by atoms with E-state index in [1.54, 1.807) is 12.1 Å². The molecule has 0 spiro atoms. The molecule has 0 bridgehead atoms. The van der Waals surface area contributed by atoms with Crippen LogP contribution in [0.4, 0.5) is 5.69 Å². The molecule has 3 aromatic rings. The van der Waals surface area contributed by atoms with E-state index in [1.165, 1.54) is 0 Å². The average Bonchev–Trinajstić information content (AvgIpc) is 3.09. The van der Waals surface area contributed by atoms with E-state index in [0.29, 0.717) is 24.0 Å². The highest BCUT2D eigenvalue weighted by molar-refractivity contribution is 5.92. The second-order valence-corrected chi connectivity index (χ2v) is 6.09. The van der Waals surface area contributed by atoms with Gasteiger partial charge in [0.1, 0.15) is 5.75 Å². The van der Waals surface area contributed by atoms with E-state index in [0.717, 1.165) is 22.4 Å². The molecule has 26 heavy (non-hydrogen) atoms. The van der Waals surface area contributed by atoms with Crippen LogP contribution in [0.25, 0.3) is 11.5 Å². The molecule has 0 unspecified atom stereocenters. The van der Waals surface area contributed by atoms with Crippen molar-refractivity contribution in [1.29, 1.82) is 0 Å². The Morgan fingerprint density at radius 3 is 2.38 bits per heavy atom. The van der Waals surface area contributed by atoms with Gasteiger partial charge >= 0.3 is 0 Å². The number of aromatic nitrogens is 2. The summed E-state index contributed by atoms with van der Waals surface area (Å²) in [5.41, 5.74) is 3.78. The summed E-state index contributed by atoms with van der Waals surface area (Å²) in [5.74, 6) is 1.47. The lowest BCUT2D eigenvalue weighted by atomic mass is 10.1. The van der Waals surface area contributed by atoms with E-state index in [4.69, 9.17) is 9.15 Å². The summed E-state index contributed by atoms with van der Waals surface area (Å²) in [6.45, 7) is 5.88. The van der Waals surface area contributed by atoms with Crippen LogP contribution in [0.3, 0.4) is 0 Å².